The van der Waals surface area contributed by atoms with Crippen LogP contribution in [-0.4, -0.2) is 75.4 Å². The van der Waals surface area contributed by atoms with Crippen LogP contribution in [0.25, 0.3) is 39.3 Å². The highest BCUT2D eigenvalue weighted by molar-refractivity contribution is 6.39. The Labute approximate surface area is 277 Å². The Morgan fingerprint density at radius 3 is 2.37 bits per heavy atom. The van der Waals surface area contributed by atoms with Crippen LogP contribution in [-0.2, 0) is 17.9 Å². The molecule has 0 aliphatic carbocycles. The number of carbonyl (C=O) groups is 1. The molecule has 0 bridgehead atoms. The number of fused-ring (bicyclic) bond motifs is 1. The molecule has 0 spiro atoms. The van der Waals surface area contributed by atoms with Crippen LogP contribution in [0, 0.1) is 0 Å². The third kappa shape index (κ3) is 6.86. The number of nitrogens with zero attached hydrogens (tertiary/aromatic N) is 5. The van der Waals surface area contributed by atoms with Crippen LogP contribution in [0.15, 0.2) is 66.9 Å². The summed E-state index contributed by atoms with van der Waals surface area (Å²) in [7, 11) is 3.54. The monoisotopic (exact) mass is 659 g/mol. The normalized spacial score (nSPS) is 14.7. The maximum absolute atomic E-state index is 11.5. The molecule has 0 saturated carbocycles. The predicted octanol–water partition coefficient (Wildman–Crippen LogP) is 5.23. The fraction of sp³-hybridized carbons (Fsp3) is 0.294. The zero-order chi connectivity index (χ0) is 32.2. The van der Waals surface area contributed by atoms with Gasteiger partial charge in [-0.1, -0.05) is 65.7 Å². The van der Waals surface area contributed by atoms with E-state index < -0.39 is 0 Å². The van der Waals surface area contributed by atoms with E-state index in [4.69, 9.17) is 38.0 Å². The molecule has 46 heavy (non-hydrogen) atoms. The number of aromatic nitrogens is 4. The number of rotatable bonds is 12. The van der Waals surface area contributed by atoms with Gasteiger partial charge in [0.2, 0.25) is 11.8 Å². The molecule has 2 aromatic carbocycles. The van der Waals surface area contributed by atoms with E-state index in [1.165, 1.54) is 0 Å². The molecule has 5 aromatic rings. The highest BCUT2D eigenvalue weighted by atomic mass is 35.5. The van der Waals surface area contributed by atoms with Gasteiger partial charge in [0.15, 0.2) is 5.65 Å². The smallest absolute Gasteiger partial charge is 0.220 e. The number of hydrogen-bond acceptors (Lipinski definition) is 8. The Kier molecular flexibility index (Phi) is 9.81. The van der Waals surface area contributed by atoms with Crippen molar-refractivity contribution < 1.29 is 14.6 Å². The van der Waals surface area contributed by atoms with Crippen LogP contribution in [0.2, 0.25) is 10.0 Å². The predicted molar refractivity (Wildman–Crippen MR) is 180 cm³/mol. The average Bonchev–Trinajstić information content (AvgIpc) is 3.66. The third-order valence-electron chi connectivity index (χ3n) is 8.05. The minimum atomic E-state index is 0.0901. The number of hydrogen-bond donors (Lipinski definition) is 3. The standard InChI is InChI=1S/C34H35Cl2N7O3/c1-42(15-16-44)19-23-20-43-30(38-23)13-12-29(41-43)27-8-4-6-25(33(27)36)24-5-3-7-26(32(24)35)28-11-9-21(34(40-28)46-2)17-37-18-22-10-14-31(45)39-22/h3-9,11-13,20,22,37,44H,10,14-19H2,1-2H3,(H,39,45)/t22-/m1/s1. The molecule has 0 unspecified atom stereocenters. The number of aliphatic hydroxyl groups excluding tert-OH is 1. The minimum absolute atomic E-state index is 0.0901. The van der Waals surface area contributed by atoms with E-state index in [0.29, 0.717) is 59.9 Å². The Morgan fingerprint density at radius 2 is 1.70 bits per heavy atom. The lowest BCUT2D eigenvalue weighted by molar-refractivity contribution is -0.119. The number of benzene rings is 2. The zero-order valence-electron chi connectivity index (χ0n) is 25.6. The molecule has 12 heteroatoms. The van der Waals surface area contributed by atoms with E-state index in [2.05, 4.69) is 15.6 Å². The van der Waals surface area contributed by atoms with Gasteiger partial charge in [-0.3, -0.25) is 9.69 Å². The number of nitrogens with one attached hydrogen (secondary N) is 2. The van der Waals surface area contributed by atoms with Gasteiger partial charge < -0.3 is 20.5 Å². The molecule has 1 saturated heterocycles. The van der Waals surface area contributed by atoms with E-state index in [9.17, 15) is 9.90 Å². The van der Waals surface area contributed by atoms with Crippen molar-refractivity contribution in [1.29, 1.82) is 0 Å². The summed E-state index contributed by atoms with van der Waals surface area (Å²) in [5.74, 6) is 0.606. The Hall–Kier alpha value is -4.06. The van der Waals surface area contributed by atoms with Crippen molar-refractivity contribution in [2.75, 3.05) is 33.9 Å². The molecule has 1 aliphatic rings. The highest BCUT2D eigenvalue weighted by Crippen LogP contribution is 2.42. The van der Waals surface area contributed by atoms with E-state index >= 15 is 0 Å². The second-order valence-corrected chi connectivity index (χ2v) is 12.1. The van der Waals surface area contributed by atoms with Crippen molar-refractivity contribution >= 4 is 34.8 Å². The quantitative estimate of drug-likeness (QED) is 0.167. The SMILES string of the molecule is COc1nc(-c2cccc(-c3cccc(-c4ccc5nc(CN(C)CCO)cn5n4)c3Cl)c2Cl)ccc1CNC[C@H]1CCC(=O)N1. The summed E-state index contributed by atoms with van der Waals surface area (Å²) >= 11 is 14.1. The fourth-order valence-electron chi connectivity index (χ4n) is 5.69. The molecule has 1 fully saturated rings. The van der Waals surface area contributed by atoms with Gasteiger partial charge in [-0.25, -0.2) is 14.5 Å². The van der Waals surface area contributed by atoms with E-state index in [-0.39, 0.29) is 18.6 Å². The number of pyridine rings is 1. The van der Waals surface area contributed by atoms with E-state index in [0.717, 1.165) is 45.6 Å². The van der Waals surface area contributed by atoms with Crippen molar-refractivity contribution in [2.45, 2.75) is 32.0 Å². The number of carbonyl (C=O) groups excluding carboxylic acids is 1. The number of amides is 1. The molecular formula is C34H35Cl2N7O3. The fourth-order valence-corrected chi connectivity index (χ4v) is 6.34. The summed E-state index contributed by atoms with van der Waals surface area (Å²) in [6, 6.07) is 19.5. The van der Waals surface area contributed by atoms with Crippen molar-refractivity contribution in [3.05, 3.63) is 88.2 Å². The first kappa shape index (κ1) is 31.9. The molecule has 1 amide bonds. The zero-order valence-corrected chi connectivity index (χ0v) is 27.1. The highest BCUT2D eigenvalue weighted by Gasteiger charge is 2.21. The topological polar surface area (TPSA) is 117 Å². The maximum atomic E-state index is 11.5. The lowest BCUT2D eigenvalue weighted by Crippen LogP contribution is -2.35. The second-order valence-electron chi connectivity index (χ2n) is 11.3. The van der Waals surface area contributed by atoms with Gasteiger partial charge in [0.25, 0.3) is 0 Å². The van der Waals surface area contributed by atoms with E-state index in [1.54, 1.807) is 11.6 Å². The number of halogens is 2. The Balaban J connectivity index is 1.25. The first-order valence-electron chi connectivity index (χ1n) is 15.1. The van der Waals surface area contributed by atoms with Gasteiger partial charge in [0.05, 0.1) is 47.0 Å². The number of aliphatic hydroxyl groups is 1. The van der Waals surface area contributed by atoms with Crippen LogP contribution in [0.3, 0.4) is 0 Å². The van der Waals surface area contributed by atoms with Crippen LogP contribution < -0.4 is 15.4 Å². The van der Waals surface area contributed by atoms with Crippen LogP contribution in [0.4, 0.5) is 0 Å². The summed E-state index contributed by atoms with van der Waals surface area (Å²) in [5, 5.41) is 21.4. The van der Waals surface area contributed by atoms with Gasteiger partial charge >= 0.3 is 0 Å². The number of ether oxygens (including phenoxy) is 1. The van der Waals surface area contributed by atoms with Crippen LogP contribution in [0.5, 0.6) is 5.88 Å². The summed E-state index contributed by atoms with van der Waals surface area (Å²) in [4.78, 5) is 22.9. The van der Waals surface area contributed by atoms with Gasteiger partial charge in [0, 0.05) is 66.5 Å². The lowest BCUT2D eigenvalue weighted by atomic mass is 9.98. The largest absolute Gasteiger partial charge is 0.481 e. The van der Waals surface area contributed by atoms with Crippen molar-refractivity contribution in [3.8, 4) is 39.5 Å². The molecule has 6 rings (SSSR count). The molecule has 4 heterocycles. The average molecular weight is 661 g/mol. The molecule has 1 atom stereocenters. The van der Waals surface area contributed by atoms with E-state index in [1.807, 2.05) is 78.8 Å². The van der Waals surface area contributed by atoms with Gasteiger partial charge in [-0.2, -0.15) is 5.10 Å². The Morgan fingerprint density at radius 1 is 1.00 bits per heavy atom. The van der Waals surface area contributed by atoms with Crippen LogP contribution >= 0.6 is 23.2 Å². The molecular weight excluding hydrogens is 625 g/mol. The summed E-state index contributed by atoms with van der Waals surface area (Å²) < 4.78 is 7.39. The second kappa shape index (κ2) is 14.1. The van der Waals surface area contributed by atoms with Crippen molar-refractivity contribution in [3.63, 3.8) is 0 Å². The minimum Gasteiger partial charge on any atom is -0.481 e. The first-order valence-corrected chi connectivity index (χ1v) is 15.9. The molecule has 3 aromatic heterocycles. The Bertz CT molecular complexity index is 1880. The summed E-state index contributed by atoms with van der Waals surface area (Å²) in [6.07, 6.45) is 3.30. The maximum Gasteiger partial charge on any atom is 0.220 e. The van der Waals surface area contributed by atoms with Gasteiger partial charge in [0.1, 0.15) is 0 Å². The van der Waals surface area contributed by atoms with Crippen molar-refractivity contribution in [2.24, 2.45) is 0 Å². The van der Waals surface area contributed by atoms with Gasteiger partial charge in [-0.05, 0) is 31.7 Å². The first-order chi connectivity index (χ1) is 22.3. The molecule has 3 N–H and O–H groups in total. The molecule has 10 nitrogen and oxygen atoms in total. The summed E-state index contributed by atoms with van der Waals surface area (Å²) in [5.41, 5.74) is 6.94. The third-order valence-corrected chi connectivity index (χ3v) is 8.86. The molecule has 1 aliphatic heterocycles. The lowest BCUT2D eigenvalue weighted by Gasteiger charge is -2.15. The number of methoxy groups -OCH3 is 1. The molecule has 0 radical (unpaired) electrons. The van der Waals surface area contributed by atoms with Crippen molar-refractivity contribution in [1.82, 2.24) is 35.1 Å². The molecule has 238 valence electrons. The number of likely N-dealkylation sites (N-methyl/N-ethyl adjacent to an activating group) is 1. The van der Waals surface area contributed by atoms with Crippen LogP contribution in [0.1, 0.15) is 24.1 Å². The van der Waals surface area contributed by atoms with Gasteiger partial charge in [-0.15, -0.1) is 0 Å². The number of imidazole rings is 1. The summed E-state index contributed by atoms with van der Waals surface area (Å²) in [6.45, 7) is 2.49.